The molecule has 0 bridgehead atoms. The number of aromatic hydroxyl groups is 1. The lowest BCUT2D eigenvalue weighted by Gasteiger charge is -2.11. The Balaban J connectivity index is 1.88. The van der Waals surface area contributed by atoms with Crippen molar-refractivity contribution in [2.75, 3.05) is 6.54 Å². The molecule has 1 heterocycles. The third-order valence-electron chi connectivity index (χ3n) is 2.65. The molecule has 1 aromatic heterocycles. The molecule has 0 amide bonds. The van der Waals surface area contributed by atoms with Crippen LogP contribution in [-0.4, -0.2) is 16.8 Å². The maximum absolute atomic E-state index is 9.94. The minimum absolute atomic E-state index is 0.0744. The largest absolute Gasteiger partial charge is 0.506 e. The number of aliphatic hydroxyl groups excluding tert-OH is 1. The zero-order valence-electron chi connectivity index (χ0n) is 9.94. The Morgan fingerprint density at radius 1 is 1.21 bits per heavy atom. The molecule has 3 nitrogen and oxygen atoms in total. The van der Waals surface area contributed by atoms with Crippen LogP contribution in [0.5, 0.6) is 5.75 Å². The van der Waals surface area contributed by atoms with Crippen LogP contribution in [0.4, 0.5) is 0 Å². The van der Waals surface area contributed by atoms with Crippen LogP contribution in [0.15, 0.2) is 30.3 Å². The zero-order valence-corrected chi connectivity index (χ0v) is 12.3. The molecule has 2 rings (SSSR count). The Bertz CT molecular complexity index is 559. The van der Waals surface area contributed by atoms with Gasteiger partial charge in [0.25, 0.3) is 0 Å². The Morgan fingerprint density at radius 3 is 2.68 bits per heavy atom. The van der Waals surface area contributed by atoms with Crippen LogP contribution in [-0.2, 0) is 6.54 Å². The van der Waals surface area contributed by atoms with Crippen LogP contribution >= 0.6 is 34.5 Å². The van der Waals surface area contributed by atoms with Crippen molar-refractivity contribution in [2.24, 2.45) is 0 Å². The number of hydrogen-bond donors (Lipinski definition) is 3. The minimum atomic E-state index is -0.612. The van der Waals surface area contributed by atoms with E-state index in [1.165, 1.54) is 11.3 Å². The predicted octanol–water partition coefficient (Wildman–Crippen LogP) is 3.58. The van der Waals surface area contributed by atoms with E-state index in [0.717, 1.165) is 4.88 Å². The van der Waals surface area contributed by atoms with E-state index in [0.29, 0.717) is 28.0 Å². The highest BCUT2D eigenvalue weighted by Crippen LogP contribution is 2.28. The first-order valence-corrected chi connectivity index (χ1v) is 7.25. The normalized spacial score (nSPS) is 12.6. The number of phenols is 1. The maximum Gasteiger partial charge on any atom is 0.138 e. The summed E-state index contributed by atoms with van der Waals surface area (Å²) in [7, 11) is 0. The third kappa shape index (κ3) is 3.84. The van der Waals surface area contributed by atoms with E-state index in [9.17, 15) is 10.2 Å². The lowest BCUT2D eigenvalue weighted by atomic mass is 10.2. The molecule has 3 N–H and O–H groups in total. The Labute approximate surface area is 125 Å². The van der Waals surface area contributed by atoms with Gasteiger partial charge in [0.15, 0.2) is 0 Å². The van der Waals surface area contributed by atoms with Crippen molar-refractivity contribution in [1.29, 1.82) is 0 Å². The molecule has 1 unspecified atom stereocenters. The van der Waals surface area contributed by atoms with E-state index in [-0.39, 0.29) is 5.75 Å². The molecular weight excluding hydrogens is 305 g/mol. The van der Waals surface area contributed by atoms with Crippen LogP contribution < -0.4 is 5.32 Å². The number of nitrogens with one attached hydrogen (secondary N) is 1. The highest BCUT2D eigenvalue weighted by atomic mass is 35.5. The first kappa shape index (κ1) is 14.6. The molecule has 19 heavy (non-hydrogen) atoms. The molecular formula is C13H13Cl2NO2S. The molecule has 1 atom stereocenters. The number of hydrogen-bond acceptors (Lipinski definition) is 4. The average molecular weight is 318 g/mol. The molecule has 0 spiro atoms. The number of para-hydroxylation sites is 1. The molecule has 102 valence electrons. The number of benzene rings is 1. The van der Waals surface area contributed by atoms with Gasteiger partial charge >= 0.3 is 0 Å². The number of rotatable bonds is 5. The van der Waals surface area contributed by atoms with Crippen LogP contribution in [0.1, 0.15) is 16.5 Å². The molecule has 0 radical (unpaired) electrons. The first-order chi connectivity index (χ1) is 9.08. The van der Waals surface area contributed by atoms with Gasteiger partial charge in [-0.15, -0.1) is 11.3 Å². The molecule has 6 heteroatoms. The Morgan fingerprint density at radius 2 is 2.00 bits per heavy atom. The highest BCUT2D eigenvalue weighted by Gasteiger charge is 2.10. The monoisotopic (exact) mass is 317 g/mol. The van der Waals surface area contributed by atoms with Crippen LogP contribution in [0.25, 0.3) is 0 Å². The molecule has 1 aromatic carbocycles. The van der Waals surface area contributed by atoms with Crippen molar-refractivity contribution in [3.8, 4) is 5.75 Å². The van der Waals surface area contributed by atoms with E-state index in [1.807, 2.05) is 0 Å². The summed E-state index contributed by atoms with van der Waals surface area (Å²) in [5.74, 6) is 0.0744. The number of thiophene rings is 1. The van der Waals surface area contributed by atoms with Crippen molar-refractivity contribution >= 4 is 34.5 Å². The topological polar surface area (TPSA) is 52.5 Å². The fraction of sp³-hybridized carbons (Fsp3) is 0.231. The molecule has 0 aliphatic carbocycles. The fourth-order valence-corrected chi connectivity index (χ4v) is 2.90. The van der Waals surface area contributed by atoms with Crippen molar-refractivity contribution in [3.63, 3.8) is 0 Å². The van der Waals surface area contributed by atoms with E-state index in [2.05, 4.69) is 5.32 Å². The van der Waals surface area contributed by atoms with Gasteiger partial charge in [0, 0.05) is 23.5 Å². The second kappa shape index (κ2) is 6.59. The Kier molecular flexibility index (Phi) is 5.07. The number of halogens is 2. The second-order valence-electron chi connectivity index (χ2n) is 4.04. The molecule has 0 saturated carbocycles. The summed E-state index contributed by atoms with van der Waals surface area (Å²) in [5, 5.41) is 23.1. The number of aliphatic hydroxyl groups is 1. The fourth-order valence-electron chi connectivity index (χ4n) is 1.65. The maximum atomic E-state index is 9.94. The lowest BCUT2D eigenvalue weighted by molar-refractivity contribution is 0.178. The molecule has 0 saturated heterocycles. The van der Waals surface area contributed by atoms with Gasteiger partial charge in [0.05, 0.1) is 9.36 Å². The van der Waals surface area contributed by atoms with Crippen LogP contribution in [0.3, 0.4) is 0 Å². The van der Waals surface area contributed by atoms with Gasteiger partial charge in [-0.1, -0.05) is 35.3 Å². The standard InChI is InChI=1S/C13H13Cl2NO2S/c14-9-3-1-2-8(13(9)18)6-16-7-10(17)11-4-5-12(15)19-11/h1-5,10,16-18H,6-7H2. The van der Waals surface area contributed by atoms with Crippen molar-refractivity contribution < 1.29 is 10.2 Å². The van der Waals surface area contributed by atoms with Crippen molar-refractivity contribution in [1.82, 2.24) is 5.32 Å². The quantitative estimate of drug-likeness (QED) is 0.790. The summed E-state index contributed by atoms with van der Waals surface area (Å²) in [6.45, 7) is 0.811. The summed E-state index contributed by atoms with van der Waals surface area (Å²) in [6.07, 6.45) is -0.612. The predicted molar refractivity (Wildman–Crippen MR) is 79.1 cm³/mol. The summed E-state index contributed by atoms with van der Waals surface area (Å²) in [4.78, 5) is 0.813. The smallest absolute Gasteiger partial charge is 0.138 e. The molecule has 0 fully saturated rings. The highest BCUT2D eigenvalue weighted by molar-refractivity contribution is 7.16. The third-order valence-corrected chi connectivity index (χ3v) is 4.28. The SMILES string of the molecule is Oc1c(Cl)cccc1CNCC(O)c1ccc(Cl)s1. The number of phenolic OH excluding ortho intramolecular Hbond substituents is 1. The van der Waals surface area contributed by atoms with Gasteiger partial charge in [-0.2, -0.15) is 0 Å². The first-order valence-electron chi connectivity index (χ1n) is 5.68. The second-order valence-corrected chi connectivity index (χ2v) is 6.19. The van der Waals surface area contributed by atoms with Crippen molar-refractivity contribution in [3.05, 3.63) is 50.1 Å². The molecule has 0 aliphatic heterocycles. The lowest BCUT2D eigenvalue weighted by Crippen LogP contribution is -2.20. The van der Waals surface area contributed by atoms with Crippen LogP contribution in [0, 0.1) is 0 Å². The Hall–Kier alpha value is -0.780. The summed E-state index contributed by atoms with van der Waals surface area (Å²) in [6, 6.07) is 8.74. The summed E-state index contributed by atoms with van der Waals surface area (Å²) in [5.41, 5.74) is 0.698. The van der Waals surface area contributed by atoms with Gasteiger partial charge in [-0.25, -0.2) is 0 Å². The van der Waals surface area contributed by atoms with Gasteiger partial charge in [-0.05, 0) is 18.2 Å². The average Bonchev–Trinajstić information content (AvgIpc) is 2.81. The van der Waals surface area contributed by atoms with Gasteiger partial charge in [-0.3, -0.25) is 0 Å². The van der Waals surface area contributed by atoms with Crippen LogP contribution in [0.2, 0.25) is 9.36 Å². The van der Waals surface area contributed by atoms with Gasteiger partial charge in [0.2, 0.25) is 0 Å². The summed E-state index contributed by atoms with van der Waals surface area (Å²) >= 11 is 13.0. The van der Waals surface area contributed by atoms with E-state index in [4.69, 9.17) is 23.2 Å². The minimum Gasteiger partial charge on any atom is -0.506 e. The van der Waals surface area contributed by atoms with E-state index < -0.39 is 6.10 Å². The molecule has 0 aliphatic rings. The summed E-state index contributed by atoms with van der Waals surface area (Å²) < 4.78 is 0.654. The van der Waals surface area contributed by atoms with Crippen molar-refractivity contribution in [2.45, 2.75) is 12.6 Å². The molecule has 2 aromatic rings. The van der Waals surface area contributed by atoms with E-state index >= 15 is 0 Å². The van der Waals surface area contributed by atoms with Gasteiger partial charge in [0.1, 0.15) is 11.9 Å². The van der Waals surface area contributed by atoms with Gasteiger partial charge < -0.3 is 15.5 Å². The van der Waals surface area contributed by atoms with E-state index in [1.54, 1.807) is 30.3 Å². The zero-order chi connectivity index (χ0) is 13.8.